The van der Waals surface area contributed by atoms with Crippen molar-refractivity contribution in [1.82, 2.24) is 9.97 Å². The molecule has 0 radical (unpaired) electrons. The molecule has 0 spiro atoms. The van der Waals surface area contributed by atoms with Gasteiger partial charge in [-0.1, -0.05) is 63.3 Å². The van der Waals surface area contributed by atoms with E-state index in [1.54, 1.807) is 0 Å². The molecular formula is C15H17BrN2S. The first-order chi connectivity index (χ1) is 8.88. The molecule has 0 unspecified atom stereocenters. The number of aromatic nitrogens is 2. The second-order valence-electron chi connectivity index (χ2n) is 5.59. The predicted molar refractivity (Wildman–Crippen MR) is 85.1 cm³/mol. The first-order valence-corrected chi connectivity index (χ1v) is 7.41. The summed E-state index contributed by atoms with van der Waals surface area (Å²) in [5.74, 6) is 0.907. The first-order valence-electron chi connectivity index (χ1n) is 6.21. The molecule has 0 fully saturated rings. The Bertz CT molecular complexity index is 627. The summed E-state index contributed by atoms with van der Waals surface area (Å²) in [5, 5.41) is 0. The average molecular weight is 337 g/mol. The number of H-pyrrole nitrogens is 1. The van der Waals surface area contributed by atoms with E-state index in [1.165, 1.54) is 5.56 Å². The molecule has 2 aromatic rings. The molecule has 0 atom stereocenters. The van der Waals surface area contributed by atoms with Crippen molar-refractivity contribution < 1.29 is 0 Å². The van der Waals surface area contributed by atoms with Gasteiger partial charge in [-0.15, -0.1) is 0 Å². The molecule has 1 aromatic heterocycles. The Labute approximate surface area is 127 Å². The van der Waals surface area contributed by atoms with Crippen molar-refractivity contribution in [3.8, 4) is 0 Å². The van der Waals surface area contributed by atoms with E-state index in [1.807, 2.05) is 18.2 Å². The third kappa shape index (κ3) is 3.51. The van der Waals surface area contributed by atoms with Gasteiger partial charge in [0.25, 0.3) is 0 Å². The van der Waals surface area contributed by atoms with Gasteiger partial charge in [0.2, 0.25) is 0 Å². The molecule has 0 bridgehead atoms. The van der Waals surface area contributed by atoms with E-state index in [0.29, 0.717) is 4.64 Å². The lowest BCUT2D eigenvalue weighted by Crippen LogP contribution is -2.17. The van der Waals surface area contributed by atoms with E-state index in [4.69, 9.17) is 12.2 Å². The van der Waals surface area contributed by atoms with Crippen LogP contribution in [0.5, 0.6) is 0 Å². The molecule has 0 aliphatic heterocycles. The van der Waals surface area contributed by atoms with Gasteiger partial charge in [0.05, 0.1) is 4.47 Å². The van der Waals surface area contributed by atoms with Crippen LogP contribution >= 0.6 is 28.1 Å². The van der Waals surface area contributed by atoms with Crippen molar-refractivity contribution in [2.24, 2.45) is 0 Å². The SMILES string of the molecule is CC(C)(C)c1[nH]c(Cc2ccccc2)nc(=S)c1Br. The van der Waals surface area contributed by atoms with Crippen molar-refractivity contribution in [3.05, 3.63) is 56.5 Å². The summed E-state index contributed by atoms with van der Waals surface area (Å²) in [7, 11) is 0. The summed E-state index contributed by atoms with van der Waals surface area (Å²) in [4.78, 5) is 7.87. The second kappa shape index (κ2) is 5.55. The normalized spacial score (nSPS) is 11.6. The highest BCUT2D eigenvalue weighted by atomic mass is 79.9. The Morgan fingerprint density at radius 1 is 1.21 bits per heavy atom. The summed E-state index contributed by atoms with van der Waals surface area (Å²) >= 11 is 8.87. The molecule has 0 saturated carbocycles. The van der Waals surface area contributed by atoms with Crippen LogP contribution in [0.4, 0.5) is 0 Å². The maximum Gasteiger partial charge on any atom is 0.144 e. The lowest BCUT2D eigenvalue weighted by atomic mass is 9.92. The van der Waals surface area contributed by atoms with Crippen LogP contribution in [0.2, 0.25) is 0 Å². The zero-order valence-corrected chi connectivity index (χ0v) is 13.7. The fourth-order valence-corrected chi connectivity index (χ4v) is 2.89. The lowest BCUT2D eigenvalue weighted by molar-refractivity contribution is 0.558. The third-order valence-electron chi connectivity index (χ3n) is 2.88. The molecule has 0 aliphatic rings. The maximum absolute atomic E-state index is 5.34. The smallest absolute Gasteiger partial charge is 0.144 e. The van der Waals surface area contributed by atoms with Gasteiger partial charge < -0.3 is 4.98 Å². The van der Waals surface area contributed by atoms with Crippen molar-refractivity contribution in [1.29, 1.82) is 0 Å². The maximum atomic E-state index is 5.34. The van der Waals surface area contributed by atoms with Gasteiger partial charge >= 0.3 is 0 Å². The minimum atomic E-state index is 0.000765. The van der Waals surface area contributed by atoms with Crippen molar-refractivity contribution in [2.45, 2.75) is 32.6 Å². The van der Waals surface area contributed by atoms with Gasteiger partial charge in [-0.05, 0) is 21.5 Å². The Kier molecular flexibility index (Phi) is 4.21. The Morgan fingerprint density at radius 2 is 1.84 bits per heavy atom. The molecule has 1 heterocycles. The van der Waals surface area contributed by atoms with Crippen molar-refractivity contribution in [3.63, 3.8) is 0 Å². The highest BCUT2D eigenvalue weighted by Crippen LogP contribution is 2.28. The molecule has 0 aliphatic carbocycles. The van der Waals surface area contributed by atoms with Crippen LogP contribution in [-0.2, 0) is 11.8 Å². The second-order valence-corrected chi connectivity index (χ2v) is 6.77. The summed E-state index contributed by atoms with van der Waals surface area (Å²) < 4.78 is 1.52. The molecule has 19 heavy (non-hydrogen) atoms. The largest absolute Gasteiger partial charge is 0.345 e. The quantitative estimate of drug-likeness (QED) is 0.798. The summed E-state index contributed by atoms with van der Waals surface area (Å²) in [6.07, 6.45) is 0.765. The monoisotopic (exact) mass is 336 g/mol. The fourth-order valence-electron chi connectivity index (χ4n) is 1.90. The summed E-state index contributed by atoms with van der Waals surface area (Å²) in [5.41, 5.74) is 2.32. The minimum absolute atomic E-state index is 0.000765. The Hall–Kier alpha value is -1.00. The van der Waals surface area contributed by atoms with Crippen LogP contribution in [0, 0.1) is 4.64 Å². The van der Waals surface area contributed by atoms with E-state index in [-0.39, 0.29) is 5.41 Å². The number of rotatable bonds is 2. The first kappa shape index (κ1) is 14.4. The minimum Gasteiger partial charge on any atom is -0.345 e. The summed E-state index contributed by atoms with van der Waals surface area (Å²) in [6.45, 7) is 6.47. The van der Waals surface area contributed by atoms with Gasteiger partial charge in [0.15, 0.2) is 0 Å². The number of benzene rings is 1. The molecule has 2 rings (SSSR count). The fraction of sp³-hybridized carbons (Fsp3) is 0.333. The predicted octanol–water partition coefficient (Wildman–Crippen LogP) is 4.79. The molecule has 0 amide bonds. The standard InChI is InChI=1S/C15H17BrN2S/c1-15(2,3)13-12(16)14(19)18-11(17-13)9-10-7-5-4-6-8-10/h4-8H,9H2,1-3H3,(H,17,18,19). The van der Waals surface area contributed by atoms with Crippen LogP contribution in [-0.4, -0.2) is 9.97 Å². The topological polar surface area (TPSA) is 28.7 Å². The number of hydrogen-bond acceptors (Lipinski definition) is 2. The zero-order valence-electron chi connectivity index (χ0n) is 11.3. The van der Waals surface area contributed by atoms with Gasteiger partial charge in [0.1, 0.15) is 10.5 Å². The van der Waals surface area contributed by atoms with Crippen LogP contribution in [0.15, 0.2) is 34.8 Å². The summed E-state index contributed by atoms with van der Waals surface area (Å²) in [6, 6.07) is 10.3. The van der Waals surface area contributed by atoms with Crippen molar-refractivity contribution >= 4 is 28.1 Å². The highest BCUT2D eigenvalue weighted by Gasteiger charge is 2.20. The van der Waals surface area contributed by atoms with Gasteiger partial charge in [-0.2, -0.15) is 0 Å². The van der Waals surface area contributed by atoms with E-state index < -0.39 is 0 Å². The molecule has 1 N–H and O–H groups in total. The number of nitrogens with zero attached hydrogens (tertiary/aromatic N) is 1. The molecule has 100 valence electrons. The van der Waals surface area contributed by atoms with E-state index in [9.17, 15) is 0 Å². The number of nitrogens with one attached hydrogen (secondary N) is 1. The molecular weight excluding hydrogens is 320 g/mol. The number of halogens is 1. The van der Waals surface area contributed by atoms with Gasteiger partial charge in [-0.25, -0.2) is 4.98 Å². The highest BCUT2D eigenvalue weighted by molar-refractivity contribution is 9.10. The number of aromatic amines is 1. The van der Waals surface area contributed by atoms with Crippen LogP contribution in [0.1, 0.15) is 37.9 Å². The van der Waals surface area contributed by atoms with Gasteiger partial charge in [0, 0.05) is 17.5 Å². The Balaban J connectivity index is 2.43. The number of hydrogen-bond donors (Lipinski definition) is 1. The zero-order chi connectivity index (χ0) is 14.0. The van der Waals surface area contributed by atoms with Crippen LogP contribution < -0.4 is 0 Å². The molecule has 4 heteroatoms. The molecule has 2 nitrogen and oxygen atoms in total. The lowest BCUT2D eigenvalue weighted by Gasteiger charge is -2.21. The van der Waals surface area contributed by atoms with Crippen LogP contribution in [0.25, 0.3) is 0 Å². The third-order valence-corrected chi connectivity index (χ3v) is 4.21. The van der Waals surface area contributed by atoms with Gasteiger partial charge in [-0.3, -0.25) is 0 Å². The van der Waals surface area contributed by atoms with E-state index >= 15 is 0 Å². The van der Waals surface area contributed by atoms with Crippen molar-refractivity contribution in [2.75, 3.05) is 0 Å². The molecule has 1 aromatic carbocycles. The van der Waals surface area contributed by atoms with E-state index in [2.05, 4.69) is 58.8 Å². The average Bonchev–Trinajstić information content (AvgIpc) is 2.33. The Morgan fingerprint density at radius 3 is 2.42 bits per heavy atom. The molecule has 0 saturated heterocycles. The van der Waals surface area contributed by atoms with E-state index in [0.717, 1.165) is 22.4 Å². The van der Waals surface area contributed by atoms with Crippen LogP contribution in [0.3, 0.4) is 0 Å².